The van der Waals surface area contributed by atoms with Gasteiger partial charge in [-0.1, -0.05) is 13.8 Å². The lowest BCUT2D eigenvalue weighted by Crippen LogP contribution is -2.30. The third-order valence-corrected chi connectivity index (χ3v) is 7.71. The Morgan fingerprint density at radius 2 is 1.84 bits per heavy atom. The lowest BCUT2D eigenvalue weighted by molar-refractivity contribution is 0.446. The molecule has 0 fully saturated rings. The zero-order valence-electron chi connectivity index (χ0n) is 11.8. The molecule has 0 spiro atoms. The average molecular weight is 302 g/mol. The fourth-order valence-corrected chi connectivity index (χ4v) is 6.12. The van der Waals surface area contributed by atoms with Gasteiger partial charge < -0.3 is 5.32 Å². The normalized spacial score (nSPS) is 16.4. The van der Waals surface area contributed by atoms with Crippen molar-refractivity contribution < 1.29 is 8.42 Å². The van der Waals surface area contributed by atoms with E-state index in [0.29, 0.717) is 17.3 Å². The van der Waals surface area contributed by atoms with Crippen LogP contribution >= 0.6 is 11.3 Å². The van der Waals surface area contributed by atoms with Crippen LogP contribution in [-0.4, -0.2) is 38.9 Å². The Hall–Kier alpha value is -0.430. The maximum atomic E-state index is 12.6. The van der Waals surface area contributed by atoms with Gasteiger partial charge in [0.1, 0.15) is 4.21 Å². The van der Waals surface area contributed by atoms with Gasteiger partial charge in [-0.15, -0.1) is 11.3 Å². The summed E-state index contributed by atoms with van der Waals surface area (Å²) in [6.07, 6.45) is 1.88. The van der Waals surface area contributed by atoms with E-state index in [-0.39, 0.29) is 0 Å². The molecule has 0 amide bonds. The highest BCUT2D eigenvalue weighted by molar-refractivity contribution is 7.91. The second kappa shape index (κ2) is 5.91. The topological polar surface area (TPSA) is 49.4 Å². The van der Waals surface area contributed by atoms with Crippen LogP contribution in [-0.2, 0) is 22.9 Å². The van der Waals surface area contributed by atoms with E-state index >= 15 is 0 Å². The van der Waals surface area contributed by atoms with Crippen molar-refractivity contribution in [1.29, 1.82) is 0 Å². The molecule has 0 radical (unpaired) electrons. The average Bonchev–Trinajstić information content (AvgIpc) is 2.57. The summed E-state index contributed by atoms with van der Waals surface area (Å²) in [6, 6.07) is 0. The number of hydrogen-bond acceptors (Lipinski definition) is 4. The zero-order chi connectivity index (χ0) is 14.0. The fraction of sp³-hybridized carbons (Fsp3) is 0.692. The lowest BCUT2D eigenvalue weighted by atomic mass is 10.1. The molecular formula is C13H22N2O2S2. The molecule has 0 aliphatic carbocycles. The number of hydrogen-bond donors (Lipinski definition) is 1. The van der Waals surface area contributed by atoms with Crippen LogP contribution in [0.15, 0.2) is 4.21 Å². The van der Waals surface area contributed by atoms with E-state index in [4.69, 9.17) is 0 Å². The monoisotopic (exact) mass is 302 g/mol. The fourth-order valence-electron chi connectivity index (χ4n) is 2.58. The summed E-state index contributed by atoms with van der Waals surface area (Å²) in [5, 5.41) is 3.36. The van der Waals surface area contributed by atoms with Crippen LogP contribution in [0.4, 0.5) is 0 Å². The smallest absolute Gasteiger partial charge is 0.252 e. The van der Waals surface area contributed by atoms with Gasteiger partial charge in [0.2, 0.25) is 0 Å². The summed E-state index contributed by atoms with van der Waals surface area (Å²) in [5.74, 6) is 0. The molecule has 6 heteroatoms. The molecule has 0 atom stereocenters. The molecule has 0 saturated heterocycles. The predicted molar refractivity (Wildman–Crippen MR) is 79.4 cm³/mol. The third kappa shape index (κ3) is 2.72. The Kier molecular flexibility index (Phi) is 4.66. The minimum atomic E-state index is -3.31. The van der Waals surface area contributed by atoms with E-state index in [1.54, 1.807) is 4.31 Å². The minimum absolute atomic E-state index is 0.530. The van der Waals surface area contributed by atoms with Crippen LogP contribution in [0.1, 0.15) is 29.9 Å². The number of thiophene rings is 1. The molecule has 19 heavy (non-hydrogen) atoms. The summed E-state index contributed by atoms with van der Waals surface area (Å²) in [7, 11) is -3.31. The molecule has 0 bridgehead atoms. The van der Waals surface area contributed by atoms with Gasteiger partial charge in [-0.2, -0.15) is 4.31 Å². The molecular weight excluding hydrogens is 280 g/mol. The number of fused-ring (bicyclic) bond motifs is 1. The molecule has 108 valence electrons. The maximum Gasteiger partial charge on any atom is 0.252 e. The third-order valence-electron chi connectivity index (χ3n) is 3.67. The molecule has 1 aromatic heterocycles. The van der Waals surface area contributed by atoms with E-state index in [9.17, 15) is 8.42 Å². The van der Waals surface area contributed by atoms with Crippen molar-refractivity contribution in [2.45, 2.75) is 37.8 Å². The van der Waals surface area contributed by atoms with E-state index in [1.165, 1.54) is 21.8 Å². The molecule has 1 aliphatic heterocycles. The van der Waals surface area contributed by atoms with Crippen molar-refractivity contribution in [3.8, 4) is 0 Å². The molecule has 1 aromatic rings. The SMILES string of the molecule is CCN(CC)S(=O)(=O)c1sc2c(c1C)CCNCC2. The van der Waals surface area contributed by atoms with Gasteiger partial charge in [0.25, 0.3) is 10.0 Å². The van der Waals surface area contributed by atoms with Crippen LogP contribution in [0.3, 0.4) is 0 Å². The highest BCUT2D eigenvalue weighted by atomic mass is 32.2. The Labute approximate surface area is 119 Å². The molecule has 0 saturated carbocycles. The van der Waals surface area contributed by atoms with Crippen molar-refractivity contribution in [2.75, 3.05) is 26.2 Å². The Balaban J connectivity index is 2.47. The first-order chi connectivity index (χ1) is 9.02. The summed E-state index contributed by atoms with van der Waals surface area (Å²) in [5.41, 5.74) is 2.22. The van der Waals surface area contributed by atoms with Gasteiger partial charge in [-0.25, -0.2) is 8.42 Å². The van der Waals surface area contributed by atoms with Crippen LogP contribution in [0.25, 0.3) is 0 Å². The van der Waals surface area contributed by atoms with Crippen LogP contribution < -0.4 is 5.32 Å². The minimum Gasteiger partial charge on any atom is -0.316 e. The molecule has 2 heterocycles. The second-order valence-corrected chi connectivity index (χ2v) is 7.99. The van der Waals surface area contributed by atoms with Gasteiger partial charge in [0.15, 0.2) is 0 Å². The van der Waals surface area contributed by atoms with E-state index in [2.05, 4.69) is 5.32 Å². The molecule has 4 nitrogen and oxygen atoms in total. The number of sulfonamides is 1. The number of rotatable bonds is 4. The Morgan fingerprint density at radius 1 is 1.21 bits per heavy atom. The first-order valence-electron chi connectivity index (χ1n) is 6.84. The molecule has 0 unspecified atom stereocenters. The first kappa shape index (κ1) is 15.0. The van der Waals surface area contributed by atoms with Gasteiger partial charge in [0.05, 0.1) is 0 Å². The largest absolute Gasteiger partial charge is 0.316 e. The van der Waals surface area contributed by atoms with Gasteiger partial charge >= 0.3 is 0 Å². The first-order valence-corrected chi connectivity index (χ1v) is 9.10. The van der Waals surface area contributed by atoms with E-state index in [1.807, 2.05) is 20.8 Å². The van der Waals surface area contributed by atoms with Crippen molar-refractivity contribution in [3.05, 3.63) is 16.0 Å². The zero-order valence-corrected chi connectivity index (χ0v) is 13.5. The van der Waals surface area contributed by atoms with E-state index < -0.39 is 10.0 Å². The highest BCUT2D eigenvalue weighted by Gasteiger charge is 2.29. The molecule has 1 N–H and O–H groups in total. The maximum absolute atomic E-state index is 12.6. The summed E-state index contributed by atoms with van der Waals surface area (Å²) < 4.78 is 27.4. The molecule has 0 aromatic carbocycles. The predicted octanol–water partition coefficient (Wildman–Crippen LogP) is 1.78. The Bertz CT molecular complexity index is 545. The van der Waals surface area contributed by atoms with Crippen molar-refractivity contribution in [3.63, 3.8) is 0 Å². The van der Waals surface area contributed by atoms with Crippen LogP contribution in [0.2, 0.25) is 0 Å². The summed E-state index contributed by atoms with van der Waals surface area (Å²) >= 11 is 1.47. The molecule has 2 rings (SSSR count). The second-order valence-electron chi connectivity index (χ2n) is 4.76. The quantitative estimate of drug-likeness (QED) is 0.922. The standard InChI is InChI=1S/C13H22N2O2S2/c1-4-15(5-2)19(16,17)13-10(3)11-6-8-14-9-7-12(11)18-13/h14H,4-9H2,1-3H3. The number of nitrogens with zero attached hydrogens (tertiary/aromatic N) is 1. The highest BCUT2D eigenvalue weighted by Crippen LogP contribution is 2.34. The van der Waals surface area contributed by atoms with Crippen LogP contribution in [0.5, 0.6) is 0 Å². The van der Waals surface area contributed by atoms with Gasteiger partial charge in [-0.05, 0) is 44.0 Å². The van der Waals surface area contributed by atoms with Gasteiger partial charge in [-0.3, -0.25) is 0 Å². The van der Waals surface area contributed by atoms with Crippen molar-refractivity contribution >= 4 is 21.4 Å². The van der Waals surface area contributed by atoms with E-state index in [0.717, 1.165) is 31.5 Å². The molecule has 1 aliphatic rings. The Morgan fingerprint density at radius 3 is 2.47 bits per heavy atom. The van der Waals surface area contributed by atoms with Crippen LogP contribution in [0, 0.1) is 6.92 Å². The van der Waals surface area contributed by atoms with Crippen molar-refractivity contribution in [2.24, 2.45) is 0 Å². The lowest BCUT2D eigenvalue weighted by Gasteiger charge is -2.18. The van der Waals surface area contributed by atoms with Gasteiger partial charge in [0, 0.05) is 18.0 Å². The summed E-state index contributed by atoms with van der Waals surface area (Å²) in [4.78, 5) is 1.24. The number of nitrogens with one attached hydrogen (secondary N) is 1. The van der Waals surface area contributed by atoms with Crippen molar-refractivity contribution in [1.82, 2.24) is 9.62 Å². The summed E-state index contributed by atoms with van der Waals surface area (Å²) in [6.45, 7) is 8.67.